The molecule has 0 unspecified atom stereocenters. The Kier molecular flexibility index (Phi) is 16.7. The summed E-state index contributed by atoms with van der Waals surface area (Å²) in [5.74, 6) is -1.35. The van der Waals surface area contributed by atoms with Gasteiger partial charge in [-0.1, -0.05) is 33.5 Å². The number of hydrogen-bond donors (Lipinski definition) is 2. The molecule has 0 aliphatic carbocycles. The third-order valence-electron chi connectivity index (χ3n) is 4.21. The maximum atomic E-state index is 11.3. The van der Waals surface area contributed by atoms with E-state index in [2.05, 4.69) is 5.32 Å². The summed E-state index contributed by atoms with van der Waals surface area (Å²) >= 11 is 0. The fourth-order valence-electron chi connectivity index (χ4n) is 2.50. The first kappa shape index (κ1) is 29.5. The van der Waals surface area contributed by atoms with Crippen molar-refractivity contribution in [2.45, 2.75) is 65.6 Å². The van der Waals surface area contributed by atoms with Crippen molar-refractivity contribution in [1.29, 1.82) is 0 Å². The van der Waals surface area contributed by atoms with Gasteiger partial charge in [0.1, 0.15) is 7.28 Å². The molecule has 0 atom stereocenters. The molecule has 32 heavy (non-hydrogen) atoms. The van der Waals surface area contributed by atoms with Gasteiger partial charge >= 0.3 is 0 Å². The summed E-state index contributed by atoms with van der Waals surface area (Å²) in [5.41, 5.74) is 0. The third kappa shape index (κ3) is 11.8. The van der Waals surface area contributed by atoms with Crippen molar-refractivity contribution in [2.24, 2.45) is 0 Å². The predicted molar refractivity (Wildman–Crippen MR) is 119 cm³/mol. The first-order chi connectivity index (χ1) is 15.4. The summed E-state index contributed by atoms with van der Waals surface area (Å²) in [6, 6.07) is 0. The van der Waals surface area contributed by atoms with Gasteiger partial charge in [-0.15, -0.1) is 0 Å². The largest absolute Gasteiger partial charge is 0.396 e. The van der Waals surface area contributed by atoms with E-state index in [4.69, 9.17) is 9.94 Å². The van der Waals surface area contributed by atoms with Crippen molar-refractivity contribution in [3.63, 3.8) is 0 Å². The van der Waals surface area contributed by atoms with Gasteiger partial charge < -0.3 is 10.4 Å². The summed E-state index contributed by atoms with van der Waals surface area (Å²) in [5, 5.41) is 12.0. The molecule has 1 fully saturated rings. The van der Waals surface area contributed by atoms with E-state index in [0.29, 0.717) is 19.3 Å². The van der Waals surface area contributed by atoms with Gasteiger partial charge in [-0.25, -0.2) is 0 Å². The van der Waals surface area contributed by atoms with Gasteiger partial charge in [-0.3, -0.25) is 33.7 Å². The Morgan fingerprint density at radius 2 is 1.69 bits per heavy atom. The Morgan fingerprint density at radius 3 is 2.22 bits per heavy atom. The van der Waals surface area contributed by atoms with E-state index in [1.807, 2.05) is 20.8 Å². The lowest BCUT2D eigenvalue weighted by molar-refractivity contribution is -0.182. The van der Waals surface area contributed by atoms with Crippen molar-refractivity contribution in [3.8, 4) is 0 Å². The number of carbonyl (C=O) groups excluding carboxylic acids is 5. The van der Waals surface area contributed by atoms with Gasteiger partial charge in [0.15, 0.2) is 0 Å². The summed E-state index contributed by atoms with van der Waals surface area (Å²) in [4.78, 5) is 61.7. The molecule has 1 saturated heterocycles. The zero-order valence-electron chi connectivity index (χ0n) is 19.3. The van der Waals surface area contributed by atoms with Gasteiger partial charge in [0.2, 0.25) is 5.91 Å². The Labute approximate surface area is 190 Å². The molecule has 1 radical (unpaired) electrons. The zero-order chi connectivity index (χ0) is 24.4. The summed E-state index contributed by atoms with van der Waals surface area (Å²) < 4.78 is 0. The maximum absolute atomic E-state index is 11.3. The normalized spacial score (nSPS) is 14.8. The number of unbranched alkanes of at least 4 members (excludes halogenated alkanes) is 1. The molecule has 2 aliphatic rings. The lowest BCUT2D eigenvalue weighted by Crippen LogP contribution is -2.34. The van der Waals surface area contributed by atoms with Crippen molar-refractivity contribution < 1.29 is 33.9 Å². The van der Waals surface area contributed by atoms with E-state index < -0.39 is 0 Å². The van der Waals surface area contributed by atoms with Crippen LogP contribution in [0.4, 0.5) is 0 Å². The smallest absolute Gasteiger partial charge is 0.253 e. The molecule has 0 aromatic heterocycles. The molecule has 0 spiro atoms. The Hall–Kier alpha value is -2.53. The van der Waals surface area contributed by atoms with Crippen LogP contribution in [0.15, 0.2) is 12.2 Å². The van der Waals surface area contributed by atoms with Crippen LogP contribution in [0.1, 0.15) is 59.3 Å². The third-order valence-corrected chi connectivity index (χ3v) is 4.21. The van der Waals surface area contributed by atoms with Gasteiger partial charge in [-0.05, 0) is 12.8 Å². The van der Waals surface area contributed by atoms with E-state index in [0.717, 1.165) is 22.8 Å². The molecule has 0 aromatic carbocycles. The first-order valence-corrected chi connectivity index (χ1v) is 11.1. The number of carbonyl (C=O) groups is 5. The number of aliphatic hydroxyl groups excluding tert-OH is 1. The topological polar surface area (TPSA) is 133 Å². The second-order valence-corrected chi connectivity index (χ2v) is 6.65. The minimum Gasteiger partial charge on any atom is -0.396 e. The molecule has 2 rings (SSSR count). The molecule has 0 saturated carbocycles. The highest BCUT2D eigenvalue weighted by Crippen LogP contribution is 2.11. The van der Waals surface area contributed by atoms with E-state index in [9.17, 15) is 24.0 Å². The molecule has 2 heterocycles. The van der Waals surface area contributed by atoms with Gasteiger partial charge in [0, 0.05) is 57.6 Å². The standard InChI is InChI=1S/C11H16N2O3.C8H13BNO4.C2H6/c1-2-3-7-12-9(14)6-8-13-10(15)4-5-11(13)16;11-5-1-4-9-6-14-10-7(12)2-3-8(10)13;1-2/h4-5H,2-3,6-8H2,1H3,(H,12,14);11H,1-6H2;1-2H3. The highest BCUT2D eigenvalue weighted by atomic mass is 16.7. The number of rotatable bonds is 12. The Balaban J connectivity index is 0.000000561. The van der Waals surface area contributed by atoms with Crippen LogP contribution in [-0.4, -0.2) is 78.1 Å². The molecular formula is C21H35BN3O7. The number of hydrogen-bond acceptors (Lipinski definition) is 7. The monoisotopic (exact) mass is 452 g/mol. The number of imide groups is 2. The van der Waals surface area contributed by atoms with Crippen LogP contribution in [0.5, 0.6) is 0 Å². The zero-order valence-corrected chi connectivity index (χ0v) is 19.3. The molecule has 0 aromatic rings. The number of amides is 5. The number of aliphatic hydroxyl groups is 1. The van der Waals surface area contributed by atoms with Crippen LogP contribution in [0, 0.1) is 0 Å². The first-order valence-electron chi connectivity index (χ1n) is 11.1. The average molecular weight is 452 g/mol. The predicted octanol–water partition coefficient (Wildman–Crippen LogP) is 0.773. The SMILES string of the molecule is CC.CCCCNC(=O)CCN1C(=O)C=CC1=O.O=C1CCC(=O)N1OC[B]CCCO. The molecule has 5 amide bonds. The average Bonchev–Trinajstić information content (AvgIpc) is 3.29. The van der Waals surface area contributed by atoms with Crippen LogP contribution < -0.4 is 5.32 Å². The molecule has 2 aliphatic heterocycles. The van der Waals surface area contributed by atoms with Crippen LogP contribution in [0.25, 0.3) is 0 Å². The molecule has 10 nitrogen and oxygen atoms in total. The van der Waals surface area contributed by atoms with Crippen molar-refractivity contribution in [2.75, 3.05) is 26.2 Å². The fourth-order valence-corrected chi connectivity index (χ4v) is 2.50. The lowest BCUT2D eigenvalue weighted by atomic mass is 9.75. The second-order valence-electron chi connectivity index (χ2n) is 6.65. The highest BCUT2D eigenvalue weighted by Gasteiger charge is 2.29. The van der Waals surface area contributed by atoms with E-state index in [1.54, 1.807) is 7.28 Å². The van der Waals surface area contributed by atoms with Crippen LogP contribution in [0.3, 0.4) is 0 Å². The Bertz CT molecular complexity index is 621. The molecular weight excluding hydrogens is 417 g/mol. The fraction of sp³-hybridized carbons (Fsp3) is 0.667. The van der Waals surface area contributed by atoms with E-state index in [1.165, 1.54) is 12.2 Å². The van der Waals surface area contributed by atoms with E-state index >= 15 is 0 Å². The Morgan fingerprint density at radius 1 is 1.09 bits per heavy atom. The van der Waals surface area contributed by atoms with Crippen LogP contribution >= 0.6 is 0 Å². The number of hydroxylamine groups is 2. The van der Waals surface area contributed by atoms with Gasteiger partial charge in [0.25, 0.3) is 23.6 Å². The van der Waals surface area contributed by atoms with Gasteiger partial charge in [-0.2, -0.15) is 5.06 Å². The van der Waals surface area contributed by atoms with Crippen molar-refractivity contribution >= 4 is 36.8 Å². The maximum Gasteiger partial charge on any atom is 0.253 e. The summed E-state index contributed by atoms with van der Waals surface area (Å²) in [6.07, 6.45) is 6.45. The number of nitrogens with one attached hydrogen (secondary N) is 1. The van der Waals surface area contributed by atoms with Crippen molar-refractivity contribution in [3.05, 3.63) is 12.2 Å². The minimum atomic E-state index is -0.341. The highest BCUT2D eigenvalue weighted by molar-refractivity contribution is 6.35. The summed E-state index contributed by atoms with van der Waals surface area (Å²) in [6.45, 7) is 7.22. The minimum absolute atomic E-state index is 0.124. The number of nitrogens with zero attached hydrogens (tertiary/aromatic N) is 2. The van der Waals surface area contributed by atoms with Gasteiger partial charge in [0.05, 0.1) is 0 Å². The van der Waals surface area contributed by atoms with Crippen LogP contribution in [0.2, 0.25) is 6.32 Å². The lowest BCUT2D eigenvalue weighted by Gasteiger charge is -2.13. The van der Waals surface area contributed by atoms with E-state index in [-0.39, 0.29) is 68.5 Å². The molecule has 11 heteroatoms. The summed E-state index contributed by atoms with van der Waals surface area (Å²) in [7, 11) is 1.79. The van der Waals surface area contributed by atoms with Crippen molar-refractivity contribution in [1.82, 2.24) is 15.3 Å². The molecule has 2 N–H and O–H groups in total. The second kappa shape index (κ2) is 18.1. The van der Waals surface area contributed by atoms with Crippen LogP contribution in [-0.2, 0) is 28.8 Å². The molecule has 179 valence electrons. The molecule has 0 bridgehead atoms. The quantitative estimate of drug-likeness (QED) is 0.254.